The molecule has 1 saturated heterocycles. The van der Waals surface area contributed by atoms with Crippen molar-refractivity contribution in [2.45, 2.75) is 19.3 Å². The van der Waals surface area contributed by atoms with Crippen molar-refractivity contribution < 1.29 is 9.53 Å². The summed E-state index contributed by atoms with van der Waals surface area (Å²) in [6.07, 6.45) is 2.61. The number of carbonyl (C=O) groups excluding carboxylic acids is 1. The second kappa shape index (κ2) is 7.03. The fourth-order valence-corrected chi connectivity index (χ4v) is 3.27. The van der Waals surface area contributed by atoms with Crippen molar-refractivity contribution in [1.82, 2.24) is 10.6 Å². The highest BCUT2D eigenvalue weighted by Gasteiger charge is 2.39. The van der Waals surface area contributed by atoms with Gasteiger partial charge >= 0.3 is 0 Å². The van der Waals surface area contributed by atoms with Crippen LogP contribution in [0, 0.1) is 5.41 Å². The van der Waals surface area contributed by atoms with Crippen molar-refractivity contribution in [3.05, 3.63) is 22.4 Å². The normalized spacial score (nSPS) is 18.2. The molecule has 2 rings (SSSR count). The van der Waals surface area contributed by atoms with Crippen LogP contribution < -0.4 is 10.6 Å². The average molecular weight is 282 g/mol. The van der Waals surface area contributed by atoms with Crippen molar-refractivity contribution in [1.29, 1.82) is 0 Å². The molecular formula is C14H22N2O2S. The Labute approximate surface area is 118 Å². The van der Waals surface area contributed by atoms with Gasteiger partial charge in [-0.15, -0.1) is 11.3 Å². The molecule has 4 nitrogen and oxygen atoms in total. The van der Waals surface area contributed by atoms with Gasteiger partial charge in [0.05, 0.1) is 12.0 Å². The quantitative estimate of drug-likeness (QED) is 0.830. The number of carbonyl (C=O) groups is 1. The monoisotopic (exact) mass is 282 g/mol. The number of thiophene rings is 1. The summed E-state index contributed by atoms with van der Waals surface area (Å²) in [5.74, 6) is 0.146. The first-order valence-corrected chi connectivity index (χ1v) is 7.65. The Bertz CT molecular complexity index is 381. The Hall–Kier alpha value is -0.910. The molecule has 1 aromatic rings. The molecule has 0 bridgehead atoms. The molecule has 1 aliphatic rings. The minimum Gasteiger partial charge on any atom is -0.384 e. The Morgan fingerprint density at radius 3 is 2.95 bits per heavy atom. The maximum Gasteiger partial charge on any atom is 0.228 e. The summed E-state index contributed by atoms with van der Waals surface area (Å²) in [5.41, 5.74) is -0.338. The van der Waals surface area contributed by atoms with Crippen molar-refractivity contribution in [3.8, 4) is 0 Å². The first-order chi connectivity index (χ1) is 9.27. The van der Waals surface area contributed by atoms with Crippen LogP contribution in [0.2, 0.25) is 0 Å². The van der Waals surface area contributed by atoms with Gasteiger partial charge in [-0.1, -0.05) is 6.07 Å². The van der Waals surface area contributed by atoms with Gasteiger partial charge in [-0.05, 0) is 43.8 Å². The topological polar surface area (TPSA) is 50.4 Å². The van der Waals surface area contributed by atoms with Crippen LogP contribution in [0.5, 0.6) is 0 Å². The Kier molecular flexibility index (Phi) is 5.36. The molecule has 0 atom stereocenters. The number of rotatable bonds is 6. The third-order valence-corrected chi connectivity index (χ3v) is 4.64. The zero-order valence-corrected chi connectivity index (χ0v) is 12.2. The van der Waals surface area contributed by atoms with E-state index >= 15 is 0 Å². The number of nitrogens with one attached hydrogen (secondary N) is 2. The molecule has 1 aliphatic heterocycles. The second-order valence-corrected chi connectivity index (χ2v) is 6.08. The van der Waals surface area contributed by atoms with E-state index in [9.17, 15) is 4.79 Å². The molecule has 0 aromatic carbocycles. The predicted molar refractivity (Wildman–Crippen MR) is 77.4 cm³/mol. The highest BCUT2D eigenvalue weighted by molar-refractivity contribution is 7.09. The van der Waals surface area contributed by atoms with E-state index < -0.39 is 0 Å². The molecule has 1 amide bonds. The lowest BCUT2D eigenvalue weighted by Crippen LogP contribution is -2.50. The van der Waals surface area contributed by atoms with E-state index in [4.69, 9.17) is 4.74 Å². The lowest BCUT2D eigenvalue weighted by atomic mass is 9.78. The first kappa shape index (κ1) is 14.5. The molecule has 2 N–H and O–H groups in total. The van der Waals surface area contributed by atoms with Gasteiger partial charge in [0, 0.05) is 18.5 Å². The van der Waals surface area contributed by atoms with Crippen LogP contribution in [0.15, 0.2) is 17.5 Å². The average Bonchev–Trinajstić information content (AvgIpc) is 2.93. The number of amides is 1. The molecule has 5 heteroatoms. The zero-order valence-electron chi connectivity index (χ0n) is 11.4. The van der Waals surface area contributed by atoms with E-state index in [1.165, 1.54) is 4.88 Å². The zero-order chi connectivity index (χ0) is 13.6. The molecule has 0 spiro atoms. The molecule has 1 aromatic heterocycles. The van der Waals surface area contributed by atoms with Crippen LogP contribution in [0.25, 0.3) is 0 Å². The molecule has 0 aliphatic carbocycles. The largest absolute Gasteiger partial charge is 0.384 e. The summed E-state index contributed by atoms with van der Waals surface area (Å²) in [4.78, 5) is 13.7. The van der Waals surface area contributed by atoms with Gasteiger partial charge in [0.15, 0.2) is 0 Å². The maximum atomic E-state index is 12.4. The van der Waals surface area contributed by atoms with Crippen LogP contribution in [0.1, 0.15) is 17.7 Å². The summed E-state index contributed by atoms with van der Waals surface area (Å²) < 4.78 is 5.27. The minimum atomic E-state index is -0.338. The Balaban J connectivity index is 1.85. The Morgan fingerprint density at radius 2 is 2.32 bits per heavy atom. The number of piperidine rings is 1. The van der Waals surface area contributed by atoms with E-state index in [1.54, 1.807) is 18.4 Å². The standard InChI is InChI=1S/C14H22N2O2S/c1-18-11-14(5-8-15-9-6-14)13(17)16-7-4-12-3-2-10-19-12/h2-3,10,15H,4-9,11H2,1H3,(H,16,17). The molecule has 19 heavy (non-hydrogen) atoms. The maximum absolute atomic E-state index is 12.4. The second-order valence-electron chi connectivity index (χ2n) is 5.05. The Morgan fingerprint density at radius 1 is 1.53 bits per heavy atom. The summed E-state index contributed by atoms with van der Waals surface area (Å²) in [6, 6.07) is 4.15. The lowest BCUT2D eigenvalue weighted by molar-refractivity contribution is -0.136. The summed E-state index contributed by atoms with van der Waals surface area (Å²) >= 11 is 1.73. The van der Waals surface area contributed by atoms with E-state index in [-0.39, 0.29) is 11.3 Å². The van der Waals surface area contributed by atoms with Crippen molar-refractivity contribution in [3.63, 3.8) is 0 Å². The van der Waals surface area contributed by atoms with Crippen LogP contribution in [0.3, 0.4) is 0 Å². The number of ether oxygens (including phenoxy) is 1. The smallest absolute Gasteiger partial charge is 0.228 e. The lowest BCUT2D eigenvalue weighted by Gasteiger charge is -2.35. The molecule has 106 valence electrons. The molecular weight excluding hydrogens is 260 g/mol. The molecule has 0 radical (unpaired) electrons. The third-order valence-electron chi connectivity index (χ3n) is 3.70. The van der Waals surface area contributed by atoms with Crippen molar-refractivity contribution >= 4 is 17.2 Å². The van der Waals surface area contributed by atoms with E-state index in [0.717, 1.165) is 32.4 Å². The van der Waals surface area contributed by atoms with Crippen LogP contribution >= 0.6 is 11.3 Å². The van der Waals surface area contributed by atoms with Crippen molar-refractivity contribution in [2.75, 3.05) is 33.4 Å². The minimum absolute atomic E-state index is 0.146. The van der Waals surface area contributed by atoms with E-state index in [0.29, 0.717) is 13.2 Å². The fourth-order valence-electron chi connectivity index (χ4n) is 2.56. The summed E-state index contributed by atoms with van der Waals surface area (Å²) in [5, 5.41) is 8.44. The summed E-state index contributed by atoms with van der Waals surface area (Å²) in [7, 11) is 1.67. The van der Waals surface area contributed by atoms with E-state index in [1.807, 2.05) is 6.07 Å². The first-order valence-electron chi connectivity index (χ1n) is 6.77. The molecule has 1 fully saturated rings. The van der Waals surface area contributed by atoms with Gasteiger partial charge < -0.3 is 15.4 Å². The van der Waals surface area contributed by atoms with Gasteiger partial charge in [-0.3, -0.25) is 4.79 Å². The molecule has 2 heterocycles. The van der Waals surface area contributed by atoms with Gasteiger partial charge in [0.1, 0.15) is 0 Å². The highest BCUT2D eigenvalue weighted by Crippen LogP contribution is 2.29. The third kappa shape index (κ3) is 3.78. The van der Waals surface area contributed by atoms with Gasteiger partial charge in [-0.25, -0.2) is 0 Å². The fraction of sp³-hybridized carbons (Fsp3) is 0.643. The van der Waals surface area contributed by atoms with Crippen molar-refractivity contribution in [2.24, 2.45) is 5.41 Å². The molecule has 0 unspecified atom stereocenters. The van der Waals surface area contributed by atoms with Gasteiger partial charge in [0.25, 0.3) is 0 Å². The highest BCUT2D eigenvalue weighted by atomic mass is 32.1. The van der Waals surface area contributed by atoms with Crippen LogP contribution in [0.4, 0.5) is 0 Å². The SMILES string of the molecule is COCC1(C(=O)NCCc2cccs2)CCNCC1. The van der Waals surface area contributed by atoms with Gasteiger partial charge in [-0.2, -0.15) is 0 Å². The van der Waals surface area contributed by atoms with Gasteiger partial charge in [0.2, 0.25) is 5.91 Å². The number of hydrogen-bond donors (Lipinski definition) is 2. The summed E-state index contributed by atoms with van der Waals surface area (Å²) in [6.45, 7) is 3.00. The van der Waals surface area contributed by atoms with E-state index in [2.05, 4.69) is 22.1 Å². The molecule has 0 saturated carbocycles. The van der Waals surface area contributed by atoms with Crippen LogP contribution in [-0.4, -0.2) is 39.3 Å². The van der Waals surface area contributed by atoms with Crippen LogP contribution in [-0.2, 0) is 16.0 Å². The number of methoxy groups -OCH3 is 1. The predicted octanol–water partition coefficient (Wildman–Crippen LogP) is 1.42. The number of hydrogen-bond acceptors (Lipinski definition) is 4.